The van der Waals surface area contributed by atoms with Gasteiger partial charge in [0, 0.05) is 20.1 Å². The Morgan fingerprint density at radius 1 is 1.32 bits per heavy atom. The molecule has 3 rings (SSSR count). The monoisotopic (exact) mass is 327 g/mol. The summed E-state index contributed by atoms with van der Waals surface area (Å²) in [4.78, 5) is 28.1. The van der Waals surface area contributed by atoms with Crippen molar-refractivity contribution in [2.75, 3.05) is 51.8 Å². The Labute approximate surface area is 135 Å². The topological polar surface area (TPSA) is 61.9 Å². The maximum absolute atomic E-state index is 12.1. The molecule has 2 saturated heterocycles. The highest BCUT2D eigenvalue weighted by molar-refractivity contribution is 7.99. The third kappa shape index (κ3) is 3.26. The summed E-state index contributed by atoms with van der Waals surface area (Å²) in [6.45, 7) is 3.48. The summed E-state index contributed by atoms with van der Waals surface area (Å²) in [6, 6.07) is -0.188. The van der Waals surface area contributed by atoms with Crippen LogP contribution in [-0.4, -0.2) is 85.1 Å². The number of carbonyl (C=O) groups is 2. The van der Waals surface area contributed by atoms with Crippen molar-refractivity contribution < 1.29 is 14.3 Å². The maximum Gasteiger partial charge on any atom is 0.239 e. The van der Waals surface area contributed by atoms with Crippen LogP contribution in [0.5, 0.6) is 0 Å². The highest BCUT2D eigenvalue weighted by Crippen LogP contribution is 2.35. The van der Waals surface area contributed by atoms with Crippen molar-refractivity contribution in [3.63, 3.8) is 0 Å². The first-order valence-corrected chi connectivity index (χ1v) is 9.32. The molecule has 3 aliphatic rings. The first-order chi connectivity index (χ1) is 10.6. The van der Waals surface area contributed by atoms with E-state index in [4.69, 9.17) is 4.74 Å². The number of amides is 2. The van der Waals surface area contributed by atoms with Crippen LogP contribution in [0.3, 0.4) is 0 Å². The summed E-state index contributed by atoms with van der Waals surface area (Å²) in [5.41, 5.74) is -0.256. The fraction of sp³-hybridized carbons (Fsp3) is 0.867. The maximum atomic E-state index is 12.1. The van der Waals surface area contributed by atoms with Gasteiger partial charge in [-0.1, -0.05) is 0 Å². The molecule has 1 N–H and O–H groups in total. The molecule has 2 amide bonds. The molecule has 1 atom stereocenters. The number of thioether (sulfide) groups is 1. The van der Waals surface area contributed by atoms with Crippen LogP contribution in [0.2, 0.25) is 0 Å². The number of likely N-dealkylation sites (N-methyl/N-ethyl adjacent to an activating group) is 1. The van der Waals surface area contributed by atoms with Gasteiger partial charge in [-0.2, -0.15) is 11.8 Å². The second-order valence-electron chi connectivity index (χ2n) is 6.68. The van der Waals surface area contributed by atoms with Gasteiger partial charge in [0.2, 0.25) is 11.8 Å². The minimum atomic E-state index is -0.256. The first kappa shape index (κ1) is 16.1. The number of nitrogens with zero attached hydrogens (tertiary/aromatic N) is 2. The molecule has 0 radical (unpaired) electrons. The van der Waals surface area contributed by atoms with E-state index < -0.39 is 0 Å². The molecule has 1 saturated carbocycles. The van der Waals surface area contributed by atoms with E-state index in [1.807, 2.05) is 11.2 Å². The van der Waals surface area contributed by atoms with E-state index in [2.05, 4.69) is 10.2 Å². The number of likely N-dealkylation sites (tertiary alicyclic amines) is 1. The predicted molar refractivity (Wildman–Crippen MR) is 85.8 cm³/mol. The van der Waals surface area contributed by atoms with E-state index in [9.17, 15) is 9.59 Å². The Morgan fingerprint density at radius 3 is 2.64 bits per heavy atom. The van der Waals surface area contributed by atoms with Crippen LogP contribution >= 0.6 is 11.8 Å². The van der Waals surface area contributed by atoms with E-state index in [1.54, 1.807) is 18.8 Å². The van der Waals surface area contributed by atoms with Crippen molar-refractivity contribution in [3.05, 3.63) is 0 Å². The second-order valence-corrected chi connectivity index (χ2v) is 7.55. The van der Waals surface area contributed by atoms with Crippen molar-refractivity contribution in [1.82, 2.24) is 15.1 Å². The SMILES string of the molecule is CNC(=O)[C@H]1COC2(CN(C(=O)CSC)C2)CN1CC1CC1. The van der Waals surface area contributed by atoms with Crippen molar-refractivity contribution in [2.45, 2.75) is 24.5 Å². The van der Waals surface area contributed by atoms with Crippen LogP contribution in [0.4, 0.5) is 0 Å². The molecule has 1 aliphatic carbocycles. The van der Waals surface area contributed by atoms with Gasteiger partial charge >= 0.3 is 0 Å². The Morgan fingerprint density at radius 2 is 2.05 bits per heavy atom. The summed E-state index contributed by atoms with van der Waals surface area (Å²) in [7, 11) is 1.67. The molecule has 7 heteroatoms. The number of carbonyl (C=O) groups excluding carboxylic acids is 2. The molecule has 0 bridgehead atoms. The fourth-order valence-corrected chi connectivity index (χ4v) is 3.78. The Bertz CT molecular complexity index is 449. The molecule has 0 aromatic rings. The normalized spacial score (nSPS) is 27.5. The molecule has 124 valence electrons. The van der Waals surface area contributed by atoms with Gasteiger partial charge < -0.3 is 15.0 Å². The fourth-order valence-electron chi connectivity index (χ4n) is 3.35. The lowest BCUT2D eigenvalue weighted by molar-refractivity contribution is -0.203. The van der Waals surface area contributed by atoms with Gasteiger partial charge in [-0.25, -0.2) is 0 Å². The zero-order valence-corrected chi connectivity index (χ0v) is 14.2. The van der Waals surface area contributed by atoms with Crippen molar-refractivity contribution in [2.24, 2.45) is 5.92 Å². The standard InChI is InChI=1S/C15H25N3O3S/c1-16-14(20)12-6-21-15(8-17(12)5-11-3-4-11)9-18(10-15)13(19)7-22-2/h11-12H,3-10H2,1-2H3,(H,16,20)/t12-/m1/s1. The van der Waals surface area contributed by atoms with Crippen molar-refractivity contribution >= 4 is 23.6 Å². The second kappa shape index (κ2) is 6.37. The van der Waals surface area contributed by atoms with Crippen molar-refractivity contribution in [1.29, 1.82) is 0 Å². The van der Waals surface area contributed by atoms with Crippen LogP contribution < -0.4 is 5.32 Å². The third-order valence-electron chi connectivity index (χ3n) is 4.80. The lowest BCUT2D eigenvalue weighted by Gasteiger charge is -2.55. The zero-order chi connectivity index (χ0) is 15.7. The number of morpholine rings is 1. The molecule has 0 unspecified atom stereocenters. The van der Waals surface area contributed by atoms with E-state index in [0.717, 1.165) is 19.0 Å². The van der Waals surface area contributed by atoms with Gasteiger partial charge in [0.15, 0.2) is 0 Å². The Balaban J connectivity index is 1.60. The van der Waals surface area contributed by atoms with Gasteiger partial charge in [-0.05, 0) is 25.0 Å². The summed E-state index contributed by atoms with van der Waals surface area (Å²) in [5, 5.41) is 2.74. The van der Waals surface area contributed by atoms with Gasteiger partial charge in [0.05, 0.1) is 25.4 Å². The molecule has 2 heterocycles. The minimum Gasteiger partial charge on any atom is -0.368 e. The van der Waals surface area contributed by atoms with Crippen LogP contribution in [-0.2, 0) is 14.3 Å². The van der Waals surface area contributed by atoms with Crippen LogP contribution in [0.1, 0.15) is 12.8 Å². The predicted octanol–water partition coefficient (Wildman–Crippen LogP) is -0.213. The van der Waals surface area contributed by atoms with Gasteiger partial charge in [-0.3, -0.25) is 14.5 Å². The summed E-state index contributed by atoms with van der Waals surface area (Å²) >= 11 is 1.55. The quantitative estimate of drug-likeness (QED) is 0.757. The largest absolute Gasteiger partial charge is 0.368 e. The van der Waals surface area contributed by atoms with E-state index >= 15 is 0 Å². The molecule has 0 aromatic carbocycles. The Kier molecular flexibility index (Phi) is 4.66. The number of rotatable bonds is 5. The number of hydrogen-bond acceptors (Lipinski definition) is 5. The summed E-state index contributed by atoms with van der Waals surface area (Å²) < 4.78 is 6.02. The van der Waals surface area contributed by atoms with Gasteiger partial charge in [0.1, 0.15) is 11.6 Å². The Hall–Kier alpha value is -0.790. The van der Waals surface area contributed by atoms with E-state index in [0.29, 0.717) is 25.4 Å². The van der Waals surface area contributed by atoms with Crippen LogP contribution in [0.25, 0.3) is 0 Å². The van der Waals surface area contributed by atoms with Crippen LogP contribution in [0.15, 0.2) is 0 Å². The highest BCUT2D eigenvalue weighted by atomic mass is 32.2. The van der Waals surface area contributed by atoms with Crippen molar-refractivity contribution in [3.8, 4) is 0 Å². The first-order valence-electron chi connectivity index (χ1n) is 7.93. The zero-order valence-electron chi connectivity index (χ0n) is 13.3. The summed E-state index contributed by atoms with van der Waals surface area (Å²) in [6.07, 6.45) is 4.47. The van der Waals surface area contributed by atoms with Crippen LogP contribution in [0, 0.1) is 5.92 Å². The summed E-state index contributed by atoms with van der Waals surface area (Å²) in [5.74, 6) is 1.48. The molecule has 1 spiro atoms. The van der Waals surface area contributed by atoms with Gasteiger partial charge in [0.25, 0.3) is 0 Å². The number of ether oxygens (including phenoxy) is 1. The molecular formula is C15H25N3O3S. The molecule has 6 nitrogen and oxygen atoms in total. The lowest BCUT2D eigenvalue weighted by Crippen LogP contribution is -2.73. The molecule has 2 aliphatic heterocycles. The number of hydrogen-bond donors (Lipinski definition) is 1. The molecular weight excluding hydrogens is 302 g/mol. The molecule has 3 fully saturated rings. The van der Waals surface area contributed by atoms with Gasteiger partial charge in [-0.15, -0.1) is 0 Å². The highest BCUT2D eigenvalue weighted by Gasteiger charge is 2.52. The van der Waals surface area contributed by atoms with E-state index in [-0.39, 0.29) is 23.5 Å². The third-order valence-corrected chi connectivity index (χ3v) is 5.33. The molecule has 0 aromatic heterocycles. The smallest absolute Gasteiger partial charge is 0.239 e. The van der Waals surface area contributed by atoms with E-state index in [1.165, 1.54) is 12.8 Å². The minimum absolute atomic E-state index is 0.0325. The lowest BCUT2D eigenvalue weighted by atomic mass is 9.90. The number of nitrogens with one attached hydrogen (secondary N) is 1. The average molecular weight is 327 g/mol. The average Bonchev–Trinajstić information content (AvgIpc) is 3.28. The molecule has 22 heavy (non-hydrogen) atoms.